The van der Waals surface area contributed by atoms with Crippen molar-refractivity contribution < 1.29 is 4.90 Å². The van der Waals surface area contributed by atoms with E-state index in [-0.39, 0.29) is 0 Å². The summed E-state index contributed by atoms with van der Waals surface area (Å²) in [6.45, 7) is 1.05. The molecule has 0 spiro atoms. The molecule has 1 aliphatic heterocycles. The predicted octanol–water partition coefficient (Wildman–Crippen LogP) is 0.336. The van der Waals surface area contributed by atoms with Gasteiger partial charge in [-0.15, -0.1) is 7.05 Å². The first-order valence-electron chi connectivity index (χ1n) is 5.01. The van der Waals surface area contributed by atoms with Gasteiger partial charge >= 0.3 is 0 Å². The fourth-order valence-corrected chi connectivity index (χ4v) is 2.12. The lowest BCUT2D eigenvalue weighted by Gasteiger charge is -2.13. The monoisotopic (exact) mass is 200 g/mol. The van der Waals surface area contributed by atoms with Crippen molar-refractivity contribution in [1.82, 2.24) is 15.2 Å². The van der Waals surface area contributed by atoms with Gasteiger partial charge in [0.15, 0.2) is 0 Å². The van der Waals surface area contributed by atoms with E-state index in [1.54, 1.807) is 0 Å². The molecule has 4 nitrogen and oxygen atoms in total. The smallest absolute Gasteiger partial charge is 0.112 e. The molecular weight excluding hydrogens is 188 g/mol. The molecule has 2 aromatic rings. The van der Waals surface area contributed by atoms with Crippen LogP contribution in [-0.2, 0) is 6.42 Å². The molecule has 2 N–H and O–H groups in total. The van der Waals surface area contributed by atoms with Crippen LogP contribution in [0.1, 0.15) is 5.56 Å². The van der Waals surface area contributed by atoms with Crippen molar-refractivity contribution in [2.24, 2.45) is 0 Å². The number of hydrogen-bond acceptors (Lipinski definition) is 2. The second-order valence-corrected chi connectivity index (χ2v) is 3.78. The highest BCUT2D eigenvalue weighted by atomic mass is 15.1. The third-order valence-electron chi connectivity index (χ3n) is 2.89. The van der Waals surface area contributed by atoms with E-state index < -0.39 is 0 Å². The van der Waals surface area contributed by atoms with Crippen LogP contribution in [0.5, 0.6) is 0 Å². The minimum atomic E-state index is 1.04. The van der Waals surface area contributed by atoms with E-state index >= 15 is 0 Å². The lowest BCUT2D eigenvalue weighted by Crippen LogP contribution is -3.00. The van der Waals surface area contributed by atoms with Gasteiger partial charge in [0.1, 0.15) is 5.69 Å². The Morgan fingerprint density at radius 2 is 2.40 bits per heavy atom. The van der Waals surface area contributed by atoms with Crippen molar-refractivity contribution in [3.8, 4) is 11.3 Å². The van der Waals surface area contributed by atoms with Crippen LogP contribution in [0.3, 0.4) is 0 Å². The number of hydrogen-bond donors (Lipinski definition) is 2. The zero-order chi connectivity index (χ0) is 10.3. The summed E-state index contributed by atoms with van der Waals surface area (Å²) in [5.74, 6) is 0. The molecule has 76 valence electrons. The van der Waals surface area contributed by atoms with E-state index in [4.69, 9.17) is 0 Å². The van der Waals surface area contributed by atoms with Crippen molar-refractivity contribution >= 4 is 5.69 Å². The average molecular weight is 200 g/mol. The summed E-state index contributed by atoms with van der Waals surface area (Å²) in [4.78, 5) is 5.65. The maximum Gasteiger partial charge on any atom is 0.112 e. The highest BCUT2D eigenvalue weighted by Crippen LogP contribution is 2.26. The first-order valence-corrected chi connectivity index (χ1v) is 5.01. The molecule has 4 heteroatoms. The topological polar surface area (TPSA) is 46.0 Å². The van der Waals surface area contributed by atoms with Gasteiger partial charge in [-0.1, -0.05) is 0 Å². The van der Waals surface area contributed by atoms with Crippen LogP contribution in [0, 0.1) is 7.05 Å². The van der Waals surface area contributed by atoms with Crippen molar-refractivity contribution in [3.63, 3.8) is 0 Å². The molecule has 0 fully saturated rings. The Labute approximate surface area is 88.0 Å². The van der Waals surface area contributed by atoms with Crippen molar-refractivity contribution in [1.29, 1.82) is 0 Å². The van der Waals surface area contributed by atoms with E-state index in [0.29, 0.717) is 0 Å². The third-order valence-corrected chi connectivity index (χ3v) is 2.89. The van der Waals surface area contributed by atoms with E-state index in [1.165, 1.54) is 16.2 Å². The first kappa shape index (κ1) is 8.61. The number of aromatic nitrogens is 3. The quantitative estimate of drug-likeness (QED) is 0.652. The number of aromatic amines is 1. The Kier molecular flexibility index (Phi) is 1.82. The molecule has 2 aromatic heterocycles. The molecule has 0 amide bonds. The summed E-state index contributed by atoms with van der Waals surface area (Å²) in [6, 6.07) is 2.05. The number of rotatable bonds is 1. The number of H-pyrrole nitrogens is 1. The van der Waals surface area contributed by atoms with Crippen molar-refractivity contribution in [3.05, 3.63) is 37.3 Å². The summed E-state index contributed by atoms with van der Waals surface area (Å²) in [7, 11) is 4.07. The maximum absolute atomic E-state index is 4.43. The number of nitrogens with zero attached hydrogens (tertiary/aromatic N) is 2. The number of quaternary nitrogens is 1. The van der Waals surface area contributed by atoms with Crippen LogP contribution in [0.2, 0.25) is 0 Å². The molecule has 1 atom stereocenters. The molecule has 0 saturated carbocycles. The van der Waals surface area contributed by atoms with Gasteiger partial charge < -0.3 is 4.90 Å². The van der Waals surface area contributed by atoms with Crippen LogP contribution in [-0.4, -0.2) is 21.7 Å². The van der Waals surface area contributed by atoms with Crippen molar-refractivity contribution in [2.45, 2.75) is 6.42 Å². The Bertz CT molecular complexity index is 475. The largest absolute Gasteiger partial charge is 0.434 e. The van der Waals surface area contributed by atoms with E-state index in [1.807, 2.05) is 24.7 Å². The van der Waals surface area contributed by atoms with Crippen LogP contribution in [0.4, 0.5) is 5.69 Å². The molecule has 0 aliphatic carbocycles. The third kappa shape index (κ3) is 1.26. The van der Waals surface area contributed by atoms with Gasteiger partial charge in [-0.2, -0.15) is 5.10 Å². The van der Waals surface area contributed by atoms with E-state index in [9.17, 15) is 0 Å². The summed E-state index contributed by atoms with van der Waals surface area (Å²) < 4.78 is 0. The number of pyridine rings is 1. The highest BCUT2D eigenvalue weighted by Gasteiger charge is 2.22. The van der Waals surface area contributed by atoms with Gasteiger partial charge in [-0.05, 0) is 0 Å². The molecule has 3 heterocycles. The van der Waals surface area contributed by atoms with Crippen LogP contribution in [0.25, 0.3) is 11.3 Å². The molecular formula is C11H12N4. The summed E-state index contributed by atoms with van der Waals surface area (Å²) >= 11 is 0. The molecule has 3 rings (SSSR count). The summed E-state index contributed by atoms with van der Waals surface area (Å²) in [5, 5.41) is 6.77. The summed E-state index contributed by atoms with van der Waals surface area (Å²) in [6.07, 6.45) is 6.58. The predicted molar refractivity (Wildman–Crippen MR) is 56.4 cm³/mol. The molecule has 0 saturated heterocycles. The minimum absolute atomic E-state index is 1.04. The SMILES string of the molecule is [CH2-][NH+]1CCc2c1ccnc2-c1cn[nH]c1. The first-order chi connectivity index (χ1) is 7.36. The van der Waals surface area contributed by atoms with Crippen molar-refractivity contribution in [2.75, 3.05) is 6.54 Å². The Morgan fingerprint density at radius 1 is 1.47 bits per heavy atom. The van der Waals surface area contributed by atoms with E-state index in [0.717, 1.165) is 24.2 Å². The number of nitrogens with one attached hydrogen (secondary N) is 2. The van der Waals surface area contributed by atoms with Gasteiger partial charge in [0, 0.05) is 36.0 Å². The fraction of sp³-hybridized carbons (Fsp3) is 0.182. The van der Waals surface area contributed by atoms with Gasteiger partial charge in [-0.3, -0.25) is 10.1 Å². The Hall–Kier alpha value is -1.68. The zero-order valence-electron chi connectivity index (χ0n) is 8.33. The Morgan fingerprint density at radius 3 is 3.20 bits per heavy atom. The fourth-order valence-electron chi connectivity index (χ4n) is 2.12. The maximum atomic E-state index is 4.43. The second kappa shape index (κ2) is 3.17. The van der Waals surface area contributed by atoms with Crippen LogP contribution in [0.15, 0.2) is 24.7 Å². The molecule has 1 aliphatic rings. The zero-order valence-corrected chi connectivity index (χ0v) is 8.33. The molecule has 0 radical (unpaired) electrons. The average Bonchev–Trinajstić information content (AvgIpc) is 2.88. The van der Waals surface area contributed by atoms with Gasteiger partial charge in [0.25, 0.3) is 0 Å². The molecule has 15 heavy (non-hydrogen) atoms. The van der Waals surface area contributed by atoms with Crippen LogP contribution < -0.4 is 4.90 Å². The normalized spacial score (nSPS) is 19.1. The lowest BCUT2D eigenvalue weighted by atomic mass is 10.1. The number of fused-ring (bicyclic) bond motifs is 1. The second-order valence-electron chi connectivity index (χ2n) is 3.78. The highest BCUT2D eigenvalue weighted by molar-refractivity contribution is 5.66. The standard InChI is InChI=1S/C11H12N4/c1-15-5-3-9-10(15)2-4-12-11(9)8-6-13-14-7-8/h2,4,6-7,15H,1,3,5H2,(H,13,14). The lowest BCUT2D eigenvalue weighted by molar-refractivity contribution is -0.775. The van der Waals surface area contributed by atoms with Gasteiger partial charge in [0.2, 0.25) is 0 Å². The summed E-state index contributed by atoms with van der Waals surface area (Å²) in [5.41, 5.74) is 4.67. The van der Waals surface area contributed by atoms with E-state index in [2.05, 4.69) is 22.2 Å². The van der Waals surface area contributed by atoms with Gasteiger partial charge in [0.05, 0.1) is 18.4 Å². The molecule has 0 bridgehead atoms. The molecule has 0 aromatic carbocycles. The molecule has 1 unspecified atom stereocenters. The van der Waals surface area contributed by atoms with Crippen LogP contribution >= 0.6 is 0 Å². The minimum Gasteiger partial charge on any atom is -0.434 e. The van der Waals surface area contributed by atoms with Gasteiger partial charge in [-0.25, -0.2) is 0 Å². The Balaban J connectivity index is 2.18.